The normalized spacial score (nSPS) is 41.6. The molecule has 4 nitrogen and oxygen atoms in total. The number of allylic oxidation sites excluding steroid dienone is 1. The minimum atomic E-state index is -0.481. The van der Waals surface area contributed by atoms with Crippen LogP contribution in [0.1, 0.15) is 65.7 Å². The predicted octanol–water partition coefficient (Wildman–Crippen LogP) is 3.59. The van der Waals surface area contributed by atoms with Gasteiger partial charge in [0.05, 0.1) is 12.3 Å². The van der Waals surface area contributed by atoms with Gasteiger partial charge in [-0.25, -0.2) is 0 Å². The SMILES string of the molecule is C=C1CC[C@H]2C(C)(C)CCC[C@]2(C)[C@H]1C[C@@H]1OC(=O)C[C@H]1C(N)=O. The van der Waals surface area contributed by atoms with Gasteiger partial charge >= 0.3 is 5.97 Å². The van der Waals surface area contributed by atoms with Gasteiger partial charge in [0.25, 0.3) is 0 Å². The zero-order valence-corrected chi connectivity index (χ0v) is 15.3. The monoisotopic (exact) mass is 333 g/mol. The standard InChI is InChI=1S/C20H31NO3/c1-12-6-7-16-19(2,3)8-5-9-20(16,4)14(12)11-15-13(18(21)23)10-17(22)24-15/h13-16H,1,5-11H2,2-4H3,(H2,21,23)/t13-,14+,15+,16+,20-/m1/s1. The van der Waals surface area contributed by atoms with Crippen molar-refractivity contribution >= 4 is 11.9 Å². The average Bonchev–Trinajstić information content (AvgIpc) is 2.83. The van der Waals surface area contributed by atoms with Gasteiger partial charge in [-0.2, -0.15) is 0 Å². The van der Waals surface area contributed by atoms with E-state index in [1.54, 1.807) is 0 Å². The van der Waals surface area contributed by atoms with Gasteiger partial charge in [0.15, 0.2) is 0 Å². The average molecular weight is 333 g/mol. The molecule has 1 aliphatic heterocycles. The van der Waals surface area contributed by atoms with Crippen LogP contribution in [-0.2, 0) is 14.3 Å². The third-order valence-corrected chi connectivity index (χ3v) is 7.27. The summed E-state index contributed by atoms with van der Waals surface area (Å²) in [4.78, 5) is 23.4. The van der Waals surface area contributed by atoms with Crippen LogP contribution >= 0.6 is 0 Å². The predicted molar refractivity (Wildman–Crippen MR) is 92.9 cm³/mol. The topological polar surface area (TPSA) is 69.4 Å². The van der Waals surface area contributed by atoms with Gasteiger partial charge in [0.1, 0.15) is 6.10 Å². The van der Waals surface area contributed by atoms with Crippen molar-refractivity contribution in [1.29, 1.82) is 0 Å². The smallest absolute Gasteiger partial charge is 0.307 e. The first-order valence-electron chi connectivity index (χ1n) is 9.31. The highest BCUT2D eigenvalue weighted by Crippen LogP contribution is 2.62. The first-order chi connectivity index (χ1) is 11.1. The molecule has 0 aromatic rings. The van der Waals surface area contributed by atoms with Crippen molar-refractivity contribution < 1.29 is 14.3 Å². The molecule has 0 spiro atoms. The molecule has 0 aromatic carbocycles. The number of carbonyl (C=O) groups is 2. The first kappa shape index (κ1) is 17.5. The Morgan fingerprint density at radius 2 is 2.04 bits per heavy atom. The van der Waals surface area contributed by atoms with Crippen LogP contribution in [0.5, 0.6) is 0 Å². The highest BCUT2D eigenvalue weighted by atomic mass is 16.6. The molecule has 4 heteroatoms. The fourth-order valence-corrected chi connectivity index (χ4v) is 6.05. The third kappa shape index (κ3) is 2.78. The maximum Gasteiger partial charge on any atom is 0.307 e. The van der Waals surface area contributed by atoms with Crippen molar-refractivity contribution in [3.63, 3.8) is 0 Å². The minimum absolute atomic E-state index is 0.130. The number of hydrogen-bond donors (Lipinski definition) is 1. The lowest BCUT2D eigenvalue weighted by Crippen LogP contribution is -2.50. The van der Waals surface area contributed by atoms with E-state index in [2.05, 4.69) is 27.4 Å². The molecule has 3 fully saturated rings. The van der Waals surface area contributed by atoms with E-state index >= 15 is 0 Å². The van der Waals surface area contributed by atoms with Gasteiger partial charge in [-0.3, -0.25) is 9.59 Å². The number of hydrogen-bond acceptors (Lipinski definition) is 3. The number of primary amides is 1. The number of amides is 1. The maximum absolute atomic E-state index is 11.7. The van der Waals surface area contributed by atoms with E-state index in [-0.39, 0.29) is 23.9 Å². The van der Waals surface area contributed by atoms with Crippen molar-refractivity contribution in [2.45, 2.75) is 71.8 Å². The molecule has 1 saturated heterocycles. The van der Waals surface area contributed by atoms with Gasteiger partial charge < -0.3 is 10.5 Å². The highest BCUT2D eigenvalue weighted by Gasteiger charge is 2.54. The molecule has 0 bridgehead atoms. The molecule has 2 aliphatic carbocycles. The molecule has 24 heavy (non-hydrogen) atoms. The summed E-state index contributed by atoms with van der Waals surface area (Å²) in [5.41, 5.74) is 7.28. The van der Waals surface area contributed by atoms with Gasteiger partial charge in [0.2, 0.25) is 5.91 Å². The number of cyclic esters (lactones) is 1. The van der Waals surface area contributed by atoms with Crippen LogP contribution < -0.4 is 5.73 Å². The Balaban J connectivity index is 1.86. The van der Waals surface area contributed by atoms with Crippen LogP contribution in [0.25, 0.3) is 0 Å². The van der Waals surface area contributed by atoms with E-state index in [0.717, 1.165) is 6.42 Å². The fraction of sp³-hybridized carbons (Fsp3) is 0.800. The van der Waals surface area contributed by atoms with E-state index in [4.69, 9.17) is 10.5 Å². The Hall–Kier alpha value is -1.32. The summed E-state index contributed by atoms with van der Waals surface area (Å²) >= 11 is 0. The van der Waals surface area contributed by atoms with Crippen molar-refractivity contribution in [3.05, 3.63) is 12.2 Å². The van der Waals surface area contributed by atoms with Crippen LogP contribution in [0.15, 0.2) is 12.2 Å². The quantitative estimate of drug-likeness (QED) is 0.634. The number of nitrogens with two attached hydrogens (primary N) is 1. The number of rotatable bonds is 3. The summed E-state index contributed by atoms with van der Waals surface area (Å²) in [5.74, 6) is -0.244. The molecule has 3 rings (SSSR count). The molecule has 0 radical (unpaired) electrons. The van der Waals surface area contributed by atoms with Crippen LogP contribution in [0, 0.1) is 28.6 Å². The molecule has 1 amide bonds. The molecule has 3 aliphatic rings. The fourth-order valence-electron chi connectivity index (χ4n) is 6.05. The molecule has 134 valence electrons. The number of fused-ring (bicyclic) bond motifs is 1. The molecule has 2 saturated carbocycles. The lowest BCUT2D eigenvalue weighted by Gasteiger charge is -2.58. The molecule has 2 N–H and O–H groups in total. The second-order valence-corrected chi connectivity index (χ2v) is 9.13. The lowest BCUT2D eigenvalue weighted by molar-refractivity contribution is -0.143. The molecular weight excluding hydrogens is 302 g/mol. The number of carbonyl (C=O) groups excluding carboxylic acids is 2. The summed E-state index contributed by atoms with van der Waals surface area (Å²) in [6, 6.07) is 0. The van der Waals surface area contributed by atoms with E-state index in [0.29, 0.717) is 23.7 Å². The Bertz CT molecular complexity index is 567. The zero-order chi connectivity index (χ0) is 17.7. The van der Waals surface area contributed by atoms with Crippen LogP contribution in [0.2, 0.25) is 0 Å². The summed E-state index contributed by atoms with van der Waals surface area (Å²) in [6.07, 6.45) is 6.37. The van der Waals surface area contributed by atoms with Crippen LogP contribution in [0.4, 0.5) is 0 Å². The Morgan fingerprint density at radius 1 is 1.33 bits per heavy atom. The Morgan fingerprint density at radius 3 is 2.71 bits per heavy atom. The Labute approximate surface area is 145 Å². The zero-order valence-electron chi connectivity index (χ0n) is 15.3. The number of esters is 1. The first-order valence-corrected chi connectivity index (χ1v) is 9.31. The van der Waals surface area contributed by atoms with E-state index in [9.17, 15) is 9.59 Å². The lowest BCUT2D eigenvalue weighted by atomic mass is 9.47. The van der Waals surface area contributed by atoms with Crippen molar-refractivity contribution in [1.82, 2.24) is 0 Å². The second-order valence-electron chi connectivity index (χ2n) is 9.13. The summed E-state index contributed by atoms with van der Waals surface area (Å²) in [7, 11) is 0. The third-order valence-electron chi connectivity index (χ3n) is 7.27. The van der Waals surface area contributed by atoms with Crippen molar-refractivity contribution in [2.75, 3.05) is 0 Å². The molecule has 5 atom stereocenters. The van der Waals surface area contributed by atoms with Crippen molar-refractivity contribution in [3.8, 4) is 0 Å². The minimum Gasteiger partial charge on any atom is -0.461 e. The maximum atomic E-state index is 11.7. The molecule has 0 unspecified atom stereocenters. The molecular formula is C20H31NO3. The highest BCUT2D eigenvalue weighted by molar-refractivity contribution is 5.85. The van der Waals surface area contributed by atoms with Crippen LogP contribution in [0.3, 0.4) is 0 Å². The van der Waals surface area contributed by atoms with Gasteiger partial charge in [0, 0.05) is 0 Å². The number of ether oxygens (including phenoxy) is 1. The van der Waals surface area contributed by atoms with Gasteiger partial charge in [-0.1, -0.05) is 39.3 Å². The summed E-state index contributed by atoms with van der Waals surface area (Å²) < 4.78 is 5.48. The van der Waals surface area contributed by atoms with Crippen LogP contribution in [-0.4, -0.2) is 18.0 Å². The van der Waals surface area contributed by atoms with Gasteiger partial charge in [-0.15, -0.1) is 0 Å². The van der Waals surface area contributed by atoms with E-state index < -0.39 is 11.8 Å². The summed E-state index contributed by atoms with van der Waals surface area (Å²) in [5, 5.41) is 0. The largest absolute Gasteiger partial charge is 0.461 e. The summed E-state index contributed by atoms with van der Waals surface area (Å²) in [6.45, 7) is 11.5. The van der Waals surface area contributed by atoms with E-state index in [1.165, 1.54) is 31.3 Å². The Kier molecular flexibility index (Phi) is 4.29. The second kappa shape index (κ2) is 5.89. The molecule has 0 aromatic heterocycles. The van der Waals surface area contributed by atoms with Gasteiger partial charge in [-0.05, 0) is 54.8 Å². The molecule has 1 heterocycles. The van der Waals surface area contributed by atoms with E-state index in [1.807, 2.05) is 0 Å². The van der Waals surface area contributed by atoms with Crippen molar-refractivity contribution in [2.24, 2.45) is 34.3 Å².